The van der Waals surface area contributed by atoms with Gasteiger partial charge in [-0.05, 0) is 25.2 Å². The van der Waals surface area contributed by atoms with Crippen molar-refractivity contribution in [2.45, 2.75) is 33.2 Å². The smallest absolute Gasteiger partial charge is 0.358 e. The summed E-state index contributed by atoms with van der Waals surface area (Å²) in [5.41, 5.74) is 0.593. The summed E-state index contributed by atoms with van der Waals surface area (Å²) in [6, 6.07) is 0.805. The van der Waals surface area contributed by atoms with E-state index in [0.29, 0.717) is 12.2 Å². The number of nitro groups is 1. The first-order valence-electron chi connectivity index (χ1n) is 5.45. The molecular formula is C10H16N4O3. The molecule has 1 rings (SSSR count). The van der Waals surface area contributed by atoms with E-state index in [2.05, 4.69) is 10.4 Å². The number of hydrogen-bond acceptors (Lipinski definition) is 4. The second-order valence-corrected chi connectivity index (χ2v) is 3.81. The van der Waals surface area contributed by atoms with Crippen LogP contribution in [-0.2, 0) is 4.79 Å². The molecule has 1 amide bonds. The molecule has 0 aliphatic carbocycles. The Kier molecular flexibility index (Phi) is 4.19. The molecule has 1 aromatic heterocycles. The number of amides is 1. The average molecular weight is 240 g/mol. The number of aryl methyl sites for hydroxylation is 1. The zero-order chi connectivity index (χ0) is 13.0. The largest absolute Gasteiger partial charge is 0.390 e. The Morgan fingerprint density at radius 3 is 2.82 bits per heavy atom. The lowest BCUT2D eigenvalue weighted by atomic mass is 10.3. The Balaban J connectivity index is 2.84. The maximum atomic E-state index is 11.7. The van der Waals surface area contributed by atoms with E-state index in [1.807, 2.05) is 6.92 Å². The van der Waals surface area contributed by atoms with Crippen molar-refractivity contribution in [2.75, 3.05) is 6.54 Å². The number of carbonyl (C=O) groups is 1. The normalized spacial score (nSPS) is 12.2. The van der Waals surface area contributed by atoms with Gasteiger partial charge in [-0.25, -0.2) is 0 Å². The highest BCUT2D eigenvalue weighted by atomic mass is 16.6. The van der Waals surface area contributed by atoms with Crippen LogP contribution in [0.4, 0.5) is 5.82 Å². The third-order valence-corrected chi connectivity index (χ3v) is 2.39. The van der Waals surface area contributed by atoms with Crippen molar-refractivity contribution in [1.82, 2.24) is 15.1 Å². The number of carbonyl (C=O) groups excluding carboxylic acids is 1. The van der Waals surface area contributed by atoms with E-state index in [1.165, 1.54) is 10.7 Å². The summed E-state index contributed by atoms with van der Waals surface area (Å²) < 4.78 is 1.36. The zero-order valence-corrected chi connectivity index (χ0v) is 10.1. The zero-order valence-electron chi connectivity index (χ0n) is 10.1. The Labute approximate surface area is 99.0 Å². The van der Waals surface area contributed by atoms with Gasteiger partial charge in [-0.3, -0.25) is 4.79 Å². The van der Waals surface area contributed by atoms with Crippen molar-refractivity contribution >= 4 is 11.7 Å². The van der Waals surface area contributed by atoms with Gasteiger partial charge >= 0.3 is 5.82 Å². The minimum absolute atomic E-state index is 0.187. The lowest BCUT2D eigenvalue weighted by molar-refractivity contribution is -0.389. The van der Waals surface area contributed by atoms with Crippen LogP contribution in [0.15, 0.2) is 6.07 Å². The van der Waals surface area contributed by atoms with Gasteiger partial charge in [0.25, 0.3) is 0 Å². The first-order chi connectivity index (χ1) is 7.97. The Bertz CT molecular complexity index is 427. The summed E-state index contributed by atoms with van der Waals surface area (Å²) >= 11 is 0. The molecule has 0 aromatic carbocycles. The van der Waals surface area contributed by atoms with E-state index in [4.69, 9.17) is 0 Å². The van der Waals surface area contributed by atoms with Crippen LogP contribution in [0.1, 0.15) is 32.0 Å². The predicted molar refractivity (Wildman–Crippen MR) is 61.6 cm³/mol. The summed E-state index contributed by atoms with van der Waals surface area (Å²) in [6.45, 7) is 5.89. The van der Waals surface area contributed by atoms with Gasteiger partial charge < -0.3 is 15.4 Å². The van der Waals surface area contributed by atoms with E-state index in [-0.39, 0.29) is 11.7 Å². The van der Waals surface area contributed by atoms with Gasteiger partial charge in [0.1, 0.15) is 6.04 Å². The van der Waals surface area contributed by atoms with Gasteiger partial charge in [-0.2, -0.15) is 4.68 Å². The summed E-state index contributed by atoms with van der Waals surface area (Å²) in [7, 11) is 0. The summed E-state index contributed by atoms with van der Waals surface area (Å²) in [6.07, 6.45) is 0.844. The topological polar surface area (TPSA) is 90.1 Å². The first kappa shape index (κ1) is 13.1. The fraction of sp³-hybridized carbons (Fsp3) is 0.600. The molecular weight excluding hydrogens is 224 g/mol. The fourth-order valence-corrected chi connectivity index (χ4v) is 1.46. The maximum absolute atomic E-state index is 11.7. The van der Waals surface area contributed by atoms with Crippen LogP contribution in [0.5, 0.6) is 0 Å². The maximum Gasteiger partial charge on any atom is 0.390 e. The highest BCUT2D eigenvalue weighted by molar-refractivity contribution is 5.79. The fourth-order valence-electron chi connectivity index (χ4n) is 1.46. The standard InChI is InChI=1S/C10H16N4O3/c1-4-5-11-10(15)8(3)13-7(2)6-9(12-13)14(16)17/h6,8H,4-5H2,1-3H3,(H,11,15). The number of hydrogen-bond donors (Lipinski definition) is 1. The number of aromatic nitrogens is 2. The van der Waals surface area contributed by atoms with Gasteiger partial charge in [0.05, 0.1) is 16.9 Å². The second-order valence-electron chi connectivity index (χ2n) is 3.81. The van der Waals surface area contributed by atoms with Crippen LogP contribution in [0.2, 0.25) is 0 Å². The second kappa shape index (κ2) is 5.42. The van der Waals surface area contributed by atoms with Crippen LogP contribution in [0, 0.1) is 17.0 Å². The van der Waals surface area contributed by atoms with E-state index >= 15 is 0 Å². The number of nitrogens with zero attached hydrogens (tertiary/aromatic N) is 3. The van der Waals surface area contributed by atoms with Crippen molar-refractivity contribution in [1.29, 1.82) is 0 Å². The molecule has 0 bridgehead atoms. The molecule has 1 aromatic rings. The summed E-state index contributed by atoms with van der Waals surface area (Å²) in [5, 5.41) is 17.1. The highest BCUT2D eigenvalue weighted by Gasteiger charge is 2.23. The van der Waals surface area contributed by atoms with E-state index in [9.17, 15) is 14.9 Å². The third kappa shape index (κ3) is 3.02. The van der Waals surface area contributed by atoms with Crippen molar-refractivity contribution in [3.63, 3.8) is 0 Å². The lowest BCUT2D eigenvalue weighted by Gasteiger charge is -2.10. The van der Waals surface area contributed by atoms with Gasteiger partial charge in [-0.1, -0.05) is 6.92 Å². The van der Waals surface area contributed by atoms with Crippen LogP contribution in [0.25, 0.3) is 0 Å². The molecule has 1 unspecified atom stereocenters. The molecule has 7 heteroatoms. The van der Waals surface area contributed by atoms with Crippen LogP contribution in [-0.4, -0.2) is 27.2 Å². The monoisotopic (exact) mass is 240 g/mol. The van der Waals surface area contributed by atoms with Gasteiger partial charge in [0, 0.05) is 6.54 Å². The van der Waals surface area contributed by atoms with E-state index < -0.39 is 11.0 Å². The van der Waals surface area contributed by atoms with Gasteiger partial charge in [-0.15, -0.1) is 0 Å². The molecule has 0 saturated carbocycles. The van der Waals surface area contributed by atoms with Crippen LogP contribution >= 0.6 is 0 Å². The predicted octanol–water partition coefficient (Wildman–Crippen LogP) is 1.19. The molecule has 94 valence electrons. The minimum atomic E-state index is -0.569. The van der Waals surface area contributed by atoms with Crippen molar-refractivity contribution < 1.29 is 9.72 Å². The van der Waals surface area contributed by atoms with Crippen molar-refractivity contribution in [3.05, 3.63) is 21.9 Å². The van der Waals surface area contributed by atoms with Gasteiger partial charge in [0.15, 0.2) is 0 Å². The Morgan fingerprint density at radius 2 is 2.35 bits per heavy atom. The summed E-state index contributed by atoms with van der Waals surface area (Å²) in [5.74, 6) is -0.425. The number of nitrogens with one attached hydrogen (secondary N) is 1. The van der Waals surface area contributed by atoms with Crippen molar-refractivity contribution in [3.8, 4) is 0 Å². The molecule has 0 aliphatic rings. The molecule has 0 fully saturated rings. The SMILES string of the molecule is CCCNC(=O)C(C)n1nc([N+](=O)[O-])cc1C. The molecule has 1 atom stereocenters. The molecule has 0 radical (unpaired) electrons. The Hall–Kier alpha value is -1.92. The quantitative estimate of drug-likeness (QED) is 0.618. The molecule has 1 heterocycles. The van der Waals surface area contributed by atoms with Crippen LogP contribution in [0.3, 0.4) is 0 Å². The highest BCUT2D eigenvalue weighted by Crippen LogP contribution is 2.15. The van der Waals surface area contributed by atoms with Crippen LogP contribution < -0.4 is 5.32 Å². The average Bonchev–Trinajstić information content (AvgIpc) is 2.67. The Morgan fingerprint density at radius 1 is 1.71 bits per heavy atom. The molecule has 17 heavy (non-hydrogen) atoms. The molecule has 0 saturated heterocycles. The van der Waals surface area contributed by atoms with E-state index in [1.54, 1.807) is 13.8 Å². The molecule has 7 nitrogen and oxygen atoms in total. The first-order valence-corrected chi connectivity index (χ1v) is 5.45. The molecule has 0 spiro atoms. The minimum Gasteiger partial charge on any atom is -0.358 e. The van der Waals surface area contributed by atoms with Crippen molar-refractivity contribution in [2.24, 2.45) is 0 Å². The molecule has 1 N–H and O–H groups in total. The third-order valence-electron chi connectivity index (χ3n) is 2.39. The molecule has 0 aliphatic heterocycles. The summed E-state index contributed by atoms with van der Waals surface area (Å²) in [4.78, 5) is 21.7. The van der Waals surface area contributed by atoms with E-state index in [0.717, 1.165) is 6.42 Å². The number of rotatable bonds is 5. The lowest BCUT2D eigenvalue weighted by Crippen LogP contribution is -2.32. The van der Waals surface area contributed by atoms with Gasteiger partial charge in [0.2, 0.25) is 5.91 Å².